The van der Waals surface area contributed by atoms with Gasteiger partial charge in [-0.25, -0.2) is 15.2 Å². The Balaban J connectivity index is 1.59. The van der Waals surface area contributed by atoms with Gasteiger partial charge in [0.2, 0.25) is 0 Å². The van der Waals surface area contributed by atoms with Gasteiger partial charge in [0.15, 0.2) is 0 Å². The molecule has 0 radical (unpaired) electrons. The molecule has 3 aromatic rings. The van der Waals surface area contributed by atoms with Crippen LogP contribution in [0.3, 0.4) is 0 Å². The average Bonchev–Trinajstić information content (AvgIpc) is 3.32. The zero-order chi connectivity index (χ0) is 22.6. The van der Waals surface area contributed by atoms with E-state index < -0.39 is 18.0 Å². The van der Waals surface area contributed by atoms with Crippen LogP contribution < -0.4 is 15.5 Å². The van der Waals surface area contributed by atoms with Crippen molar-refractivity contribution in [2.24, 2.45) is 5.10 Å². The third kappa shape index (κ3) is 7.28. The Labute approximate surface area is 185 Å². The minimum absolute atomic E-state index is 0.0966. The number of aromatic nitrogens is 2. The number of hydrogen-bond donors (Lipinski definition) is 3. The number of amides is 2. The topological polar surface area (TPSA) is 118 Å². The van der Waals surface area contributed by atoms with E-state index in [4.69, 9.17) is 9.47 Å². The highest BCUT2D eigenvalue weighted by Gasteiger charge is 2.22. The fraction of sp³-hybridized carbons (Fsp3) is 0.217. The van der Waals surface area contributed by atoms with Crippen LogP contribution >= 0.6 is 0 Å². The molecule has 32 heavy (non-hydrogen) atoms. The lowest BCUT2D eigenvalue weighted by Crippen LogP contribution is -2.47. The van der Waals surface area contributed by atoms with Crippen LogP contribution in [0.25, 0.3) is 0 Å². The number of ether oxygens (including phenoxy) is 2. The molecule has 0 saturated carbocycles. The molecular formula is C23H25N5O4. The van der Waals surface area contributed by atoms with Crippen LogP contribution in [0.15, 0.2) is 72.2 Å². The molecule has 1 atom stereocenters. The Morgan fingerprint density at radius 1 is 1.19 bits per heavy atom. The molecule has 0 aliphatic rings. The number of rotatable bonds is 10. The SMILES string of the molecule is CCOc1cccc(/C=N\NC(=O)[C@@H](Cc2cnc[nH]2)NC(=O)OCc2ccccc2)c1. The monoisotopic (exact) mass is 435 g/mol. The normalized spacial score (nSPS) is 11.7. The first-order chi connectivity index (χ1) is 15.6. The number of imidazole rings is 1. The van der Waals surface area contributed by atoms with Gasteiger partial charge in [-0.2, -0.15) is 5.10 Å². The maximum Gasteiger partial charge on any atom is 0.408 e. The van der Waals surface area contributed by atoms with Crippen molar-refractivity contribution in [1.29, 1.82) is 0 Å². The summed E-state index contributed by atoms with van der Waals surface area (Å²) in [5.74, 6) is 0.219. The number of carbonyl (C=O) groups is 2. The Kier molecular flexibility index (Phi) is 8.38. The van der Waals surface area contributed by atoms with Crippen molar-refractivity contribution >= 4 is 18.2 Å². The van der Waals surface area contributed by atoms with Gasteiger partial charge < -0.3 is 19.8 Å². The van der Waals surface area contributed by atoms with Crippen molar-refractivity contribution in [2.75, 3.05) is 6.61 Å². The molecule has 3 N–H and O–H groups in total. The summed E-state index contributed by atoms with van der Waals surface area (Å²) in [4.78, 5) is 31.8. The van der Waals surface area contributed by atoms with Crippen LogP contribution in [0.2, 0.25) is 0 Å². The molecular weight excluding hydrogens is 410 g/mol. The number of hydrogen-bond acceptors (Lipinski definition) is 6. The summed E-state index contributed by atoms with van der Waals surface area (Å²) >= 11 is 0. The van der Waals surface area contributed by atoms with E-state index in [0.29, 0.717) is 18.1 Å². The second-order valence-corrected chi connectivity index (χ2v) is 6.78. The molecule has 9 nitrogen and oxygen atoms in total. The van der Waals surface area contributed by atoms with Crippen LogP contribution in [-0.2, 0) is 22.6 Å². The van der Waals surface area contributed by atoms with Gasteiger partial charge in [0.1, 0.15) is 18.4 Å². The summed E-state index contributed by atoms with van der Waals surface area (Å²) in [6.45, 7) is 2.55. The van der Waals surface area contributed by atoms with Crippen molar-refractivity contribution in [3.8, 4) is 5.75 Å². The van der Waals surface area contributed by atoms with Crippen molar-refractivity contribution < 1.29 is 19.1 Å². The maximum absolute atomic E-state index is 12.7. The first kappa shape index (κ1) is 22.5. The van der Waals surface area contributed by atoms with Crippen LogP contribution in [0.1, 0.15) is 23.7 Å². The van der Waals surface area contributed by atoms with Crippen molar-refractivity contribution in [3.05, 3.63) is 83.9 Å². The van der Waals surface area contributed by atoms with Gasteiger partial charge in [0.25, 0.3) is 5.91 Å². The largest absolute Gasteiger partial charge is 0.494 e. The van der Waals surface area contributed by atoms with E-state index >= 15 is 0 Å². The number of carbonyl (C=O) groups excluding carboxylic acids is 2. The third-order valence-corrected chi connectivity index (χ3v) is 4.36. The van der Waals surface area contributed by atoms with E-state index in [1.807, 2.05) is 55.5 Å². The second-order valence-electron chi connectivity index (χ2n) is 6.78. The van der Waals surface area contributed by atoms with Crippen molar-refractivity contribution in [1.82, 2.24) is 20.7 Å². The predicted molar refractivity (Wildman–Crippen MR) is 119 cm³/mol. The molecule has 0 spiro atoms. The summed E-state index contributed by atoms with van der Waals surface area (Å²) in [5, 5.41) is 6.58. The molecule has 2 amide bonds. The molecule has 0 fully saturated rings. The molecule has 0 saturated heterocycles. The molecule has 9 heteroatoms. The zero-order valence-electron chi connectivity index (χ0n) is 17.7. The highest BCUT2D eigenvalue weighted by Crippen LogP contribution is 2.11. The minimum Gasteiger partial charge on any atom is -0.494 e. The molecule has 3 rings (SSSR count). The van der Waals surface area contributed by atoms with Crippen LogP contribution in [0.4, 0.5) is 4.79 Å². The summed E-state index contributed by atoms with van der Waals surface area (Å²) in [5.41, 5.74) is 4.75. The fourth-order valence-electron chi connectivity index (χ4n) is 2.83. The Hall–Kier alpha value is -4.14. The highest BCUT2D eigenvalue weighted by molar-refractivity contribution is 5.87. The van der Waals surface area contributed by atoms with Gasteiger partial charge in [-0.3, -0.25) is 4.79 Å². The van der Waals surface area contributed by atoms with Gasteiger partial charge >= 0.3 is 6.09 Å². The van der Waals surface area contributed by atoms with E-state index in [0.717, 1.165) is 11.1 Å². The van der Waals surface area contributed by atoms with Gasteiger partial charge in [0, 0.05) is 18.3 Å². The summed E-state index contributed by atoms with van der Waals surface area (Å²) in [6.07, 6.45) is 4.08. The quantitative estimate of drug-likeness (QED) is 0.334. The van der Waals surface area contributed by atoms with E-state index in [9.17, 15) is 9.59 Å². The molecule has 1 heterocycles. The molecule has 0 unspecified atom stereocenters. The predicted octanol–water partition coefficient (Wildman–Crippen LogP) is 2.80. The summed E-state index contributed by atoms with van der Waals surface area (Å²) < 4.78 is 10.7. The Morgan fingerprint density at radius 2 is 2.03 bits per heavy atom. The van der Waals surface area contributed by atoms with Gasteiger partial charge in [0.05, 0.1) is 19.1 Å². The first-order valence-electron chi connectivity index (χ1n) is 10.1. The first-order valence-corrected chi connectivity index (χ1v) is 10.1. The Bertz CT molecular complexity index is 1020. The van der Waals surface area contributed by atoms with Crippen molar-refractivity contribution in [3.63, 3.8) is 0 Å². The Morgan fingerprint density at radius 3 is 2.78 bits per heavy atom. The second kappa shape index (κ2) is 11.9. The van der Waals surface area contributed by atoms with Gasteiger partial charge in [-0.15, -0.1) is 0 Å². The standard InChI is InChI=1S/C23H25N5O4/c1-2-31-20-10-6-9-18(11-20)13-26-28-22(29)21(12-19-14-24-16-25-19)27-23(30)32-15-17-7-4-3-5-8-17/h3-11,13-14,16,21H,2,12,15H2,1H3,(H,24,25)(H,27,30)(H,28,29)/b26-13-/t21-/m1/s1. The highest BCUT2D eigenvalue weighted by atomic mass is 16.5. The molecule has 0 aliphatic carbocycles. The van der Waals surface area contributed by atoms with E-state index in [2.05, 4.69) is 25.8 Å². The van der Waals surface area contributed by atoms with Crippen molar-refractivity contribution in [2.45, 2.75) is 26.0 Å². The summed E-state index contributed by atoms with van der Waals surface area (Å²) in [6, 6.07) is 15.7. The van der Waals surface area contributed by atoms with E-state index in [-0.39, 0.29) is 13.0 Å². The average molecular weight is 435 g/mol. The van der Waals surface area contributed by atoms with Gasteiger partial charge in [-0.1, -0.05) is 42.5 Å². The van der Waals surface area contributed by atoms with E-state index in [1.165, 1.54) is 12.5 Å². The maximum atomic E-state index is 12.7. The number of H-pyrrole nitrogens is 1. The smallest absolute Gasteiger partial charge is 0.408 e. The van der Waals surface area contributed by atoms with Crippen LogP contribution in [-0.4, -0.2) is 40.8 Å². The number of aromatic amines is 1. The number of alkyl carbamates (subject to hydrolysis) is 1. The molecule has 166 valence electrons. The molecule has 1 aromatic heterocycles. The third-order valence-electron chi connectivity index (χ3n) is 4.36. The fourth-order valence-corrected chi connectivity index (χ4v) is 2.83. The lowest BCUT2D eigenvalue weighted by molar-refractivity contribution is -0.123. The number of hydrazone groups is 1. The van der Waals surface area contributed by atoms with Crippen LogP contribution in [0.5, 0.6) is 5.75 Å². The lowest BCUT2D eigenvalue weighted by Gasteiger charge is -2.16. The number of nitrogens with zero attached hydrogens (tertiary/aromatic N) is 2. The van der Waals surface area contributed by atoms with Crippen LogP contribution in [0, 0.1) is 0 Å². The number of benzene rings is 2. The van der Waals surface area contributed by atoms with Gasteiger partial charge in [-0.05, 0) is 30.2 Å². The zero-order valence-corrected chi connectivity index (χ0v) is 17.7. The molecule has 0 aliphatic heterocycles. The molecule has 0 bridgehead atoms. The minimum atomic E-state index is -0.911. The molecule has 2 aromatic carbocycles. The number of nitrogens with one attached hydrogen (secondary N) is 3. The summed E-state index contributed by atoms with van der Waals surface area (Å²) in [7, 11) is 0. The van der Waals surface area contributed by atoms with E-state index in [1.54, 1.807) is 12.3 Å². The lowest BCUT2D eigenvalue weighted by atomic mass is 10.1.